The fourth-order valence-corrected chi connectivity index (χ4v) is 1.27. The first-order valence-electron chi connectivity index (χ1n) is 3.90. The summed E-state index contributed by atoms with van der Waals surface area (Å²) < 4.78 is 0. The van der Waals surface area contributed by atoms with Gasteiger partial charge in [0.15, 0.2) is 0 Å². The van der Waals surface area contributed by atoms with Crippen molar-refractivity contribution in [1.82, 2.24) is 10.2 Å². The summed E-state index contributed by atoms with van der Waals surface area (Å²) in [5, 5.41) is 12.3. The number of nitrogens with zero attached hydrogens (tertiary/aromatic N) is 1. The van der Waals surface area contributed by atoms with Gasteiger partial charge in [0.25, 0.3) is 0 Å². The molecule has 0 aromatic carbocycles. The molecule has 1 heterocycles. The molecule has 1 saturated heterocycles. The molecule has 1 unspecified atom stereocenters. The third-order valence-electron chi connectivity index (χ3n) is 1.73. The van der Waals surface area contributed by atoms with Gasteiger partial charge >= 0.3 is 0 Å². The van der Waals surface area contributed by atoms with E-state index in [-0.39, 0.29) is 6.10 Å². The average Bonchev–Trinajstić information content (AvgIpc) is 1.88. The first kappa shape index (κ1) is 7.98. The summed E-state index contributed by atoms with van der Waals surface area (Å²) in [5.41, 5.74) is 0. The number of hydrogen-bond donors (Lipinski definition) is 2. The van der Waals surface area contributed by atoms with Crippen LogP contribution in [0.25, 0.3) is 0 Å². The average molecular weight is 144 g/mol. The number of rotatable bonds is 2. The Labute approximate surface area is 62.0 Å². The smallest absolute Gasteiger partial charge is 0.0639 e. The largest absolute Gasteiger partial charge is 0.392 e. The van der Waals surface area contributed by atoms with Crippen LogP contribution in [0.2, 0.25) is 0 Å². The third-order valence-corrected chi connectivity index (χ3v) is 1.73. The zero-order valence-electron chi connectivity index (χ0n) is 6.51. The van der Waals surface area contributed by atoms with Gasteiger partial charge in [-0.2, -0.15) is 0 Å². The zero-order chi connectivity index (χ0) is 7.40. The van der Waals surface area contributed by atoms with Crippen molar-refractivity contribution in [1.29, 1.82) is 0 Å². The Bertz CT molecular complexity index is 89.6. The van der Waals surface area contributed by atoms with Crippen LogP contribution in [-0.2, 0) is 0 Å². The predicted octanol–water partition coefficient (Wildman–Crippen LogP) is -0.728. The SMILES string of the molecule is CC(O)CN1CCNCC1. The molecule has 1 rings (SSSR count). The maximum absolute atomic E-state index is 9.04. The molecule has 3 nitrogen and oxygen atoms in total. The Morgan fingerprint density at radius 1 is 1.50 bits per heavy atom. The van der Waals surface area contributed by atoms with Crippen molar-refractivity contribution in [3.63, 3.8) is 0 Å². The number of hydrogen-bond acceptors (Lipinski definition) is 3. The lowest BCUT2D eigenvalue weighted by atomic mass is 10.3. The Kier molecular flexibility index (Phi) is 3.12. The number of nitrogens with one attached hydrogen (secondary N) is 1. The second-order valence-corrected chi connectivity index (χ2v) is 2.90. The van der Waals surface area contributed by atoms with Crippen molar-refractivity contribution in [3.8, 4) is 0 Å². The number of aliphatic hydroxyl groups excluding tert-OH is 1. The zero-order valence-corrected chi connectivity index (χ0v) is 6.51. The number of aliphatic hydroxyl groups is 1. The second kappa shape index (κ2) is 3.91. The Balaban J connectivity index is 2.13. The molecule has 1 aliphatic heterocycles. The van der Waals surface area contributed by atoms with Gasteiger partial charge in [0.1, 0.15) is 0 Å². The van der Waals surface area contributed by atoms with Crippen LogP contribution in [0.3, 0.4) is 0 Å². The number of piperazine rings is 1. The van der Waals surface area contributed by atoms with Crippen LogP contribution in [-0.4, -0.2) is 48.8 Å². The Morgan fingerprint density at radius 3 is 2.60 bits per heavy atom. The van der Waals surface area contributed by atoms with Gasteiger partial charge in [-0.1, -0.05) is 0 Å². The summed E-state index contributed by atoms with van der Waals surface area (Å²) in [6.07, 6.45) is -0.182. The molecule has 0 bridgehead atoms. The topological polar surface area (TPSA) is 35.5 Å². The van der Waals surface area contributed by atoms with Crippen molar-refractivity contribution in [2.75, 3.05) is 32.7 Å². The minimum atomic E-state index is -0.182. The molecule has 0 radical (unpaired) electrons. The van der Waals surface area contributed by atoms with Crippen molar-refractivity contribution in [2.45, 2.75) is 13.0 Å². The highest BCUT2D eigenvalue weighted by molar-refractivity contribution is 4.68. The molecule has 3 heteroatoms. The highest BCUT2D eigenvalue weighted by atomic mass is 16.3. The van der Waals surface area contributed by atoms with Gasteiger partial charge in [0, 0.05) is 32.7 Å². The van der Waals surface area contributed by atoms with Crippen LogP contribution in [0.15, 0.2) is 0 Å². The van der Waals surface area contributed by atoms with E-state index in [1.54, 1.807) is 0 Å². The molecule has 0 aliphatic carbocycles. The van der Waals surface area contributed by atoms with E-state index < -0.39 is 0 Å². The van der Waals surface area contributed by atoms with E-state index in [4.69, 9.17) is 5.11 Å². The molecular formula is C7H16N2O. The maximum Gasteiger partial charge on any atom is 0.0639 e. The van der Waals surface area contributed by atoms with Crippen LogP contribution in [0.1, 0.15) is 6.92 Å². The summed E-state index contributed by atoms with van der Waals surface area (Å²) in [7, 11) is 0. The van der Waals surface area contributed by atoms with Gasteiger partial charge in [-0.3, -0.25) is 4.90 Å². The number of β-amino-alcohol motifs (C(OH)–C–C–N with tert-alkyl or cyclic N) is 1. The van der Waals surface area contributed by atoms with Gasteiger partial charge < -0.3 is 10.4 Å². The summed E-state index contributed by atoms with van der Waals surface area (Å²) >= 11 is 0. The van der Waals surface area contributed by atoms with Gasteiger partial charge in [-0.05, 0) is 6.92 Å². The monoisotopic (exact) mass is 144 g/mol. The molecule has 0 amide bonds. The minimum absolute atomic E-state index is 0.182. The molecule has 0 aromatic heterocycles. The van der Waals surface area contributed by atoms with E-state index in [0.717, 1.165) is 32.7 Å². The highest BCUT2D eigenvalue weighted by Crippen LogP contribution is 1.93. The van der Waals surface area contributed by atoms with Crippen LogP contribution in [0.5, 0.6) is 0 Å². The molecule has 2 N–H and O–H groups in total. The van der Waals surface area contributed by atoms with E-state index in [0.29, 0.717) is 0 Å². The first-order chi connectivity index (χ1) is 4.79. The van der Waals surface area contributed by atoms with Crippen molar-refractivity contribution in [3.05, 3.63) is 0 Å². The van der Waals surface area contributed by atoms with Gasteiger partial charge in [0.2, 0.25) is 0 Å². The van der Waals surface area contributed by atoms with Gasteiger partial charge in [-0.15, -0.1) is 0 Å². The van der Waals surface area contributed by atoms with Crippen molar-refractivity contribution < 1.29 is 5.11 Å². The quantitative estimate of drug-likeness (QED) is 0.536. The lowest BCUT2D eigenvalue weighted by Gasteiger charge is -2.27. The minimum Gasteiger partial charge on any atom is -0.392 e. The summed E-state index contributed by atoms with van der Waals surface area (Å²) in [5.74, 6) is 0. The van der Waals surface area contributed by atoms with Crippen molar-refractivity contribution in [2.24, 2.45) is 0 Å². The second-order valence-electron chi connectivity index (χ2n) is 2.90. The molecule has 1 atom stereocenters. The molecule has 1 aliphatic rings. The Morgan fingerprint density at radius 2 is 2.10 bits per heavy atom. The normalized spacial score (nSPS) is 24.6. The molecule has 0 aromatic rings. The lowest BCUT2D eigenvalue weighted by Crippen LogP contribution is -2.45. The van der Waals surface area contributed by atoms with E-state index in [2.05, 4.69) is 10.2 Å². The summed E-state index contributed by atoms with van der Waals surface area (Å²) in [6.45, 7) is 6.93. The summed E-state index contributed by atoms with van der Waals surface area (Å²) in [4.78, 5) is 2.28. The van der Waals surface area contributed by atoms with Crippen LogP contribution < -0.4 is 5.32 Å². The van der Waals surface area contributed by atoms with E-state index >= 15 is 0 Å². The molecular weight excluding hydrogens is 128 g/mol. The highest BCUT2D eigenvalue weighted by Gasteiger charge is 2.10. The summed E-state index contributed by atoms with van der Waals surface area (Å²) in [6, 6.07) is 0. The first-order valence-corrected chi connectivity index (χ1v) is 3.90. The Hall–Kier alpha value is -0.120. The molecule has 0 spiro atoms. The van der Waals surface area contributed by atoms with Crippen LogP contribution in [0, 0.1) is 0 Å². The molecule has 0 saturated carbocycles. The third kappa shape index (κ3) is 2.64. The fourth-order valence-electron chi connectivity index (χ4n) is 1.27. The van der Waals surface area contributed by atoms with Crippen molar-refractivity contribution >= 4 is 0 Å². The predicted molar refractivity (Wildman–Crippen MR) is 41.0 cm³/mol. The van der Waals surface area contributed by atoms with Gasteiger partial charge in [-0.25, -0.2) is 0 Å². The van der Waals surface area contributed by atoms with E-state index in [9.17, 15) is 0 Å². The lowest BCUT2D eigenvalue weighted by molar-refractivity contribution is 0.118. The van der Waals surface area contributed by atoms with E-state index in [1.807, 2.05) is 6.92 Å². The van der Waals surface area contributed by atoms with Crippen LogP contribution in [0.4, 0.5) is 0 Å². The molecule has 10 heavy (non-hydrogen) atoms. The molecule has 60 valence electrons. The van der Waals surface area contributed by atoms with Crippen LogP contribution >= 0.6 is 0 Å². The van der Waals surface area contributed by atoms with Gasteiger partial charge in [0.05, 0.1) is 6.10 Å². The maximum atomic E-state index is 9.04. The standard InChI is InChI=1S/C7H16N2O/c1-7(10)6-9-4-2-8-3-5-9/h7-8,10H,2-6H2,1H3. The van der Waals surface area contributed by atoms with E-state index in [1.165, 1.54) is 0 Å². The fraction of sp³-hybridized carbons (Fsp3) is 1.00. The molecule has 1 fully saturated rings.